The number of carbonyl (C=O) groups excluding carboxylic acids is 1. The lowest BCUT2D eigenvalue weighted by Gasteiger charge is -2.30. The van der Waals surface area contributed by atoms with Gasteiger partial charge in [0.2, 0.25) is 0 Å². The number of pyridine rings is 1. The summed E-state index contributed by atoms with van der Waals surface area (Å²) in [5.41, 5.74) is 3.68. The maximum absolute atomic E-state index is 11.9. The van der Waals surface area contributed by atoms with Gasteiger partial charge in [0.15, 0.2) is 0 Å². The van der Waals surface area contributed by atoms with Crippen molar-refractivity contribution in [3.8, 4) is 6.07 Å². The van der Waals surface area contributed by atoms with Crippen LogP contribution in [0.25, 0.3) is 0 Å². The number of carbonyl (C=O) groups is 1. The number of aryl methyl sites for hydroxylation is 1. The smallest absolute Gasteiger partial charge is 0.251 e. The van der Waals surface area contributed by atoms with Gasteiger partial charge in [0, 0.05) is 38.1 Å². The van der Waals surface area contributed by atoms with Crippen LogP contribution in [0.2, 0.25) is 0 Å². The average Bonchev–Trinajstić information content (AvgIpc) is 2.62. The number of aromatic nitrogens is 1. The molecule has 148 valence electrons. The summed E-state index contributed by atoms with van der Waals surface area (Å²) in [5.74, 6) is 0.437. The zero-order chi connectivity index (χ0) is 21.1. The Bertz CT molecular complexity index is 928. The van der Waals surface area contributed by atoms with Crippen molar-refractivity contribution in [3.63, 3.8) is 0 Å². The Morgan fingerprint density at radius 2 is 2.04 bits per heavy atom. The van der Waals surface area contributed by atoms with E-state index in [4.69, 9.17) is 0 Å². The highest BCUT2D eigenvalue weighted by atomic mass is 79.9. The highest BCUT2D eigenvalue weighted by Gasteiger charge is 2.21. The second kappa shape index (κ2) is 8.61. The van der Waals surface area contributed by atoms with Crippen molar-refractivity contribution in [2.45, 2.75) is 27.7 Å². The predicted molar refractivity (Wildman–Crippen MR) is 117 cm³/mol. The number of amides is 1. The fourth-order valence-corrected chi connectivity index (χ4v) is 3.70. The lowest BCUT2D eigenvalue weighted by Crippen LogP contribution is -2.30. The van der Waals surface area contributed by atoms with Crippen LogP contribution in [0, 0.1) is 23.7 Å². The van der Waals surface area contributed by atoms with Gasteiger partial charge in [0.1, 0.15) is 11.9 Å². The number of hydrogen-bond donors (Lipinski definition) is 2. The molecule has 1 aromatic carbocycles. The minimum absolute atomic E-state index is 0.0657. The van der Waals surface area contributed by atoms with Gasteiger partial charge >= 0.3 is 0 Å². The minimum Gasteiger partial charge on any atom is -0.372 e. The van der Waals surface area contributed by atoms with Gasteiger partial charge in [-0.05, 0) is 46.0 Å². The Morgan fingerprint density at radius 1 is 1.36 bits per heavy atom. The molecule has 28 heavy (non-hydrogen) atoms. The minimum atomic E-state index is -0.152. The van der Waals surface area contributed by atoms with Crippen LogP contribution in [0.3, 0.4) is 0 Å². The molecule has 0 bridgehead atoms. The average molecular weight is 444 g/mol. The number of hydrogen-bond acceptors (Lipinski definition) is 5. The van der Waals surface area contributed by atoms with Crippen LogP contribution in [0.5, 0.6) is 0 Å². The first-order valence-corrected chi connectivity index (χ1v) is 9.76. The molecule has 0 atom stereocenters. The Balaban J connectivity index is 2.47. The highest BCUT2D eigenvalue weighted by Crippen LogP contribution is 2.37. The molecule has 6 nitrogen and oxygen atoms in total. The van der Waals surface area contributed by atoms with Gasteiger partial charge in [-0.25, -0.2) is 4.98 Å². The third kappa shape index (κ3) is 5.02. The Kier molecular flexibility index (Phi) is 6.68. The van der Waals surface area contributed by atoms with Crippen LogP contribution in [0.4, 0.5) is 17.2 Å². The molecule has 0 saturated carbocycles. The molecule has 0 aliphatic heterocycles. The second-order valence-electron chi connectivity index (χ2n) is 7.95. The fraction of sp³-hybridized carbons (Fsp3) is 0.381. The van der Waals surface area contributed by atoms with E-state index in [9.17, 15) is 10.1 Å². The van der Waals surface area contributed by atoms with Crippen LogP contribution in [0.15, 0.2) is 28.9 Å². The molecule has 0 saturated heterocycles. The first-order chi connectivity index (χ1) is 13.1. The molecule has 0 unspecified atom stereocenters. The summed E-state index contributed by atoms with van der Waals surface area (Å²) in [6.45, 7) is 9.18. The standard InChI is InChI=1S/C21H26BrN5O/c1-13-7-8-14(20(28)24-5)9-16(13)26-19-17(22)18(15(10-23)11-25-19)27(6)12-21(2,3)4/h7-9,11H,12H2,1-6H3,(H,24,28)(H,25,26). The van der Waals surface area contributed by atoms with E-state index in [0.717, 1.165) is 23.5 Å². The molecule has 1 aromatic heterocycles. The third-order valence-electron chi connectivity index (χ3n) is 4.19. The molecule has 1 heterocycles. The molecular weight excluding hydrogens is 418 g/mol. The summed E-state index contributed by atoms with van der Waals surface area (Å²) in [7, 11) is 3.57. The van der Waals surface area contributed by atoms with Gasteiger partial charge in [-0.1, -0.05) is 26.8 Å². The summed E-state index contributed by atoms with van der Waals surface area (Å²) < 4.78 is 0.711. The first kappa shape index (κ1) is 21.7. The lowest BCUT2D eigenvalue weighted by molar-refractivity contribution is 0.0963. The molecule has 7 heteroatoms. The van der Waals surface area contributed by atoms with E-state index in [0.29, 0.717) is 21.4 Å². The molecule has 0 aliphatic carbocycles. The number of anilines is 3. The van der Waals surface area contributed by atoms with E-state index in [1.54, 1.807) is 25.4 Å². The predicted octanol–water partition coefficient (Wildman–Crippen LogP) is 4.61. The van der Waals surface area contributed by atoms with Gasteiger partial charge in [-0.15, -0.1) is 0 Å². The van der Waals surface area contributed by atoms with E-state index in [1.165, 1.54) is 0 Å². The topological polar surface area (TPSA) is 81.0 Å². The van der Waals surface area contributed by atoms with E-state index < -0.39 is 0 Å². The largest absolute Gasteiger partial charge is 0.372 e. The molecule has 2 rings (SSSR count). The maximum atomic E-state index is 11.9. The Labute approximate surface area is 175 Å². The van der Waals surface area contributed by atoms with Crippen molar-refractivity contribution < 1.29 is 4.79 Å². The molecular formula is C21H26BrN5O. The van der Waals surface area contributed by atoms with E-state index in [-0.39, 0.29) is 11.3 Å². The van der Waals surface area contributed by atoms with Crippen molar-refractivity contribution in [2.24, 2.45) is 5.41 Å². The summed E-state index contributed by atoms with van der Waals surface area (Å²) >= 11 is 3.63. The first-order valence-electron chi connectivity index (χ1n) is 8.97. The van der Waals surface area contributed by atoms with Gasteiger partial charge in [-0.3, -0.25) is 4.79 Å². The van der Waals surface area contributed by atoms with Crippen molar-refractivity contribution in [1.82, 2.24) is 10.3 Å². The normalized spacial score (nSPS) is 10.9. The van der Waals surface area contributed by atoms with Crippen molar-refractivity contribution in [2.75, 3.05) is 30.9 Å². The highest BCUT2D eigenvalue weighted by molar-refractivity contribution is 9.10. The van der Waals surface area contributed by atoms with E-state index in [1.807, 2.05) is 20.0 Å². The van der Waals surface area contributed by atoms with E-state index in [2.05, 4.69) is 63.3 Å². The monoisotopic (exact) mass is 443 g/mol. The van der Waals surface area contributed by atoms with Crippen LogP contribution >= 0.6 is 15.9 Å². The van der Waals surface area contributed by atoms with Crippen LogP contribution in [-0.2, 0) is 0 Å². The van der Waals surface area contributed by atoms with Gasteiger partial charge in [0.25, 0.3) is 5.91 Å². The SMILES string of the molecule is CNC(=O)c1ccc(C)c(Nc2ncc(C#N)c(N(C)CC(C)(C)C)c2Br)c1. The maximum Gasteiger partial charge on any atom is 0.251 e. The van der Waals surface area contributed by atoms with Crippen LogP contribution < -0.4 is 15.5 Å². The van der Waals surface area contributed by atoms with Gasteiger partial charge < -0.3 is 15.5 Å². The van der Waals surface area contributed by atoms with Crippen molar-refractivity contribution in [3.05, 3.63) is 45.6 Å². The van der Waals surface area contributed by atoms with Crippen LogP contribution in [0.1, 0.15) is 42.3 Å². The number of nitrogens with one attached hydrogen (secondary N) is 2. The zero-order valence-electron chi connectivity index (χ0n) is 17.1. The van der Waals surface area contributed by atoms with E-state index >= 15 is 0 Å². The van der Waals surface area contributed by atoms with Crippen molar-refractivity contribution in [1.29, 1.82) is 5.26 Å². The number of halogens is 1. The molecule has 0 spiro atoms. The fourth-order valence-electron chi connectivity index (χ4n) is 2.98. The molecule has 0 aliphatic rings. The van der Waals surface area contributed by atoms with Crippen LogP contribution in [-0.4, -0.2) is 31.5 Å². The summed E-state index contributed by atoms with van der Waals surface area (Å²) in [5, 5.41) is 15.5. The molecule has 2 aromatic rings. The Hall–Kier alpha value is -2.59. The number of rotatable bonds is 5. The van der Waals surface area contributed by atoms with Crippen molar-refractivity contribution >= 4 is 39.0 Å². The molecule has 2 N–H and O–H groups in total. The summed E-state index contributed by atoms with van der Waals surface area (Å²) in [6.07, 6.45) is 1.57. The number of nitrogens with zero attached hydrogens (tertiary/aromatic N) is 3. The second-order valence-corrected chi connectivity index (χ2v) is 8.74. The van der Waals surface area contributed by atoms with Gasteiger partial charge in [0.05, 0.1) is 15.7 Å². The lowest BCUT2D eigenvalue weighted by atomic mass is 9.96. The summed E-state index contributed by atoms with van der Waals surface area (Å²) in [6, 6.07) is 7.68. The zero-order valence-corrected chi connectivity index (χ0v) is 18.7. The quantitative estimate of drug-likeness (QED) is 0.704. The molecule has 0 radical (unpaired) electrons. The number of nitriles is 1. The molecule has 0 fully saturated rings. The third-order valence-corrected chi connectivity index (χ3v) is 4.94. The number of benzene rings is 1. The van der Waals surface area contributed by atoms with Gasteiger partial charge in [-0.2, -0.15) is 5.26 Å². The molecule has 1 amide bonds. The Morgan fingerprint density at radius 3 is 2.61 bits per heavy atom. The summed E-state index contributed by atoms with van der Waals surface area (Å²) in [4.78, 5) is 18.4.